The smallest absolute Gasteiger partial charge is 0.305 e. The van der Waals surface area contributed by atoms with Gasteiger partial charge in [0.1, 0.15) is 5.56 Å². The number of hydrogen-bond acceptors (Lipinski definition) is 5. The van der Waals surface area contributed by atoms with E-state index < -0.39 is 11.5 Å². The summed E-state index contributed by atoms with van der Waals surface area (Å²) in [6.07, 6.45) is 5.49. The van der Waals surface area contributed by atoms with Crippen molar-refractivity contribution in [1.29, 1.82) is 0 Å². The molecule has 1 saturated heterocycles. The Labute approximate surface area is 140 Å². The molecule has 1 amide bonds. The standard InChI is InChI=1S/C14H15BrN4O4/c15-9-6-16-12-10(7-17-19(12)8-9)13(22)18-14(5-11(20)21)1-3-23-4-2-14/h6-8H,1-5H2,(H,18,22)(H,20,21). The van der Waals surface area contributed by atoms with E-state index in [9.17, 15) is 9.59 Å². The number of nitrogens with one attached hydrogen (secondary N) is 1. The summed E-state index contributed by atoms with van der Waals surface area (Å²) in [5.74, 6) is -1.33. The number of hydrogen-bond donors (Lipinski definition) is 2. The summed E-state index contributed by atoms with van der Waals surface area (Å²) in [5, 5.41) is 16.1. The Hall–Kier alpha value is -2.00. The summed E-state index contributed by atoms with van der Waals surface area (Å²) in [4.78, 5) is 28.0. The second-order valence-corrected chi connectivity index (χ2v) is 6.43. The van der Waals surface area contributed by atoms with Gasteiger partial charge >= 0.3 is 5.97 Å². The molecule has 2 aromatic rings. The number of nitrogens with zero attached hydrogens (tertiary/aromatic N) is 3. The van der Waals surface area contributed by atoms with E-state index in [4.69, 9.17) is 9.84 Å². The average molecular weight is 383 g/mol. The molecule has 2 aromatic heterocycles. The summed E-state index contributed by atoms with van der Waals surface area (Å²) < 4.78 is 7.52. The number of carbonyl (C=O) groups is 2. The fourth-order valence-corrected chi connectivity index (χ4v) is 3.01. The molecule has 8 nitrogen and oxygen atoms in total. The van der Waals surface area contributed by atoms with Crippen LogP contribution in [0.3, 0.4) is 0 Å². The number of aromatic nitrogens is 3. The first-order valence-electron chi connectivity index (χ1n) is 7.10. The van der Waals surface area contributed by atoms with Gasteiger partial charge in [0.25, 0.3) is 5.91 Å². The van der Waals surface area contributed by atoms with Crippen molar-refractivity contribution in [1.82, 2.24) is 19.9 Å². The minimum Gasteiger partial charge on any atom is -0.481 e. The monoisotopic (exact) mass is 382 g/mol. The third kappa shape index (κ3) is 3.35. The molecule has 9 heteroatoms. The van der Waals surface area contributed by atoms with Crippen LogP contribution in [0.5, 0.6) is 0 Å². The Bertz CT molecular complexity index is 754. The first kappa shape index (κ1) is 15.9. The highest BCUT2D eigenvalue weighted by Gasteiger charge is 2.37. The highest BCUT2D eigenvalue weighted by Crippen LogP contribution is 2.25. The molecule has 2 N–H and O–H groups in total. The first-order valence-corrected chi connectivity index (χ1v) is 7.89. The molecule has 0 aromatic carbocycles. The number of amides is 1. The van der Waals surface area contributed by atoms with Gasteiger partial charge < -0.3 is 15.2 Å². The molecule has 0 saturated carbocycles. The Kier molecular flexibility index (Phi) is 4.31. The Morgan fingerprint density at radius 3 is 2.83 bits per heavy atom. The summed E-state index contributed by atoms with van der Waals surface area (Å²) >= 11 is 3.29. The predicted octanol–water partition coefficient (Wildman–Crippen LogP) is 1.25. The normalized spacial score (nSPS) is 17.1. The molecule has 3 rings (SSSR count). The van der Waals surface area contributed by atoms with Gasteiger partial charge in [0.05, 0.1) is 22.6 Å². The second kappa shape index (κ2) is 6.25. The molecule has 0 aliphatic carbocycles. The molecule has 1 aliphatic heterocycles. The van der Waals surface area contributed by atoms with E-state index in [0.717, 1.165) is 4.47 Å². The van der Waals surface area contributed by atoms with Crippen LogP contribution >= 0.6 is 15.9 Å². The van der Waals surface area contributed by atoms with Gasteiger partial charge in [-0.15, -0.1) is 0 Å². The van der Waals surface area contributed by atoms with E-state index in [1.54, 1.807) is 12.4 Å². The quantitative estimate of drug-likeness (QED) is 0.823. The van der Waals surface area contributed by atoms with Crippen molar-refractivity contribution in [2.75, 3.05) is 13.2 Å². The summed E-state index contributed by atoms with van der Waals surface area (Å²) in [6.45, 7) is 0.848. The van der Waals surface area contributed by atoms with Crippen LogP contribution < -0.4 is 5.32 Å². The third-order valence-corrected chi connectivity index (χ3v) is 4.30. The first-order chi connectivity index (χ1) is 11.0. The molecule has 0 unspecified atom stereocenters. The van der Waals surface area contributed by atoms with Gasteiger partial charge in [-0.1, -0.05) is 0 Å². The molecule has 0 spiro atoms. The van der Waals surface area contributed by atoms with E-state index in [2.05, 4.69) is 31.3 Å². The van der Waals surface area contributed by atoms with Crippen molar-refractivity contribution < 1.29 is 19.4 Å². The van der Waals surface area contributed by atoms with Gasteiger partial charge in [-0.2, -0.15) is 5.10 Å². The zero-order chi connectivity index (χ0) is 16.4. The molecule has 23 heavy (non-hydrogen) atoms. The van der Waals surface area contributed by atoms with Crippen molar-refractivity contribution in [3.63, 3.8) is 0 Å². The minimum atomic E-state index is -0.950. The van der Waals surface area contributed by atoms with Crippen LogP contribution in [0, 0.1) is 0 Å². The van der Waals surface area contributed by atoms with Crippen molar-refractivity contribution in [3.8, 4) is 0 Å². The lowest BCUT2D eigenvalue weighted by Crippen LogP contribution is -2.53. The van der Waals surface area contributed by atoms with Gasteiger partial charge in [0.15, 0.2) is 5.65 Å². The van der Waals surface area contributed by atoms with Gasteiger partial charge in [0, 0.05) is 25.6 Å². The molecular formula is C14H15BrN4O4. The van der Waals surface area contributed by atoms with Crippen LogP contribution in [-0.2, 0) is 9.53 Å². The number of halogens is 1. The van der Waals surface area contributed by atoms with E-state index in [0.29, 0.717) is 37.3 Å². The Morgan fingerprint density at radius 2 is 2.13 bits per heavy atom. The summed E-state index contributed by atoms with van der Waals surface area (Å²) in [5.41, 5.74) is -0.0675. The zero-order valence-corrected chi connectivity index (χ0v) is 13.7. The fraction of sp³-hybridized carbons (Fsp3) is 0.429. The van der Waals surface area contributed by atoms with E-state index in [-0.39, 0.29) is 12.3 Å². The van der Waals surface area contributed by atoms with Crippen LogP contribution in [-0.4, -0.2) is 50.3 Å². The maximum atomic E-state index is 12.6. The van der Waals surface area contributed by atoms with Crippen LogP contribution in [0.2, 0.25) is 0 Å². The predicted molar refractivity (Wildman–Crippen MR) is 83.2 cm³/mol. The molecule has 0 radical (unpaired) electrons. The summed E-state index contributed by atoms with van der Waals surface area (Å²) in [7, 11) is 0. The SMILES string of the molecule is O=C(O)CC1(NC(=O)c2cnn3cc(Br)cnc23)CCOCC1. The molecule has 0 bridgehead atoms. The Morgan fingerprint density at radius 1 is 1.39 bits per heavy atom. The molecule has 1 fully saturated rings. The second-order valence-electron chi connectivity index (χ2n) is 5.52. The van der Waals surface area contributed by atoms with Crippen LogP contribution in [0.4, 0.5) is 0 Å². The van der Waals surface area contributed by atoms with Crippen molar-refractivity contribution in [2.24, 2.45) is 0 Å². The molecule has 122 valence electrons. The van der Waals surface area contributed by atoms with Crippen LogP contribution in [0.25, 0.3) is 5.65 Å². The average Bonchev–Trinajstić information content (AvgIpc) is 2.90. The lowest BCUT2D eigenvalue weighted by Gasteiger charge is -2.36. The maximum Gasteiger partial charge on any atom is 0.305 e. The fourth-order valence-electron chi connectivity index (χ4n) is 2.72. The summed E-state index contributed by atoms with van der Waals surface area (Å²) in [6, 6.07) is 0. The number of carboxylic acid groups (broad SMARTS) is 1. The molecule has 3 heterocycles. The number of fused-ring (bicyclic) bond motifs is 1. The lowest BCUT2D eigenvalue weighted by molar-refractivity contribution is -0.139. The largest absolute Gasteiger partial charge is 0.481 e. The van der Waals surface area contributed by atoms with Gasteiger partial charge in [0.2, 0.25) is 0 Å². The van der Waals surface area contributed by atoms with Gasteiger partial charge in [-0.25, -0.2) is 9.50 Å². The van der Waals surface area contributed by atoms with Crippen LogP contribution in [0.15, 0.2) is 23.1 Å². The zero-order valence-electron chi connectivity index (χ0n) is 12.2. The minimum absolute atomic E-state index is 0.139. The third-order valence-electron chi connectivity index (χ3n) is 3.89. The highest BCUT2D eigenvalue weighted by atomic mass is 79.9. The van der Waals surface area contributed by atoms with Crippen molar-refractivity contribution >= 4 is 33.5 Å². The number of carbonyl (C=O) groups excluding carboxylic acids is 1. The van der Waals surface area contributed by atoms with Gasteiger partial charge in [-0.3, -0.25) is 9.59 Å². The van der Waals surface area contributed by atoms with Crippen LogP contribution in [0.1, 0.15) is 29.6 Å². The van der Waals surface area contributed by atoms with E-state index >= 15 is 0 Å². The number of rotatable bonds is 4. The van der Waals surface area contributed by atoms with E-state index in [1.807, 2.05) is 0 Å². The van der Waals surface area contributed by atoms with Crippen molar-refractivity contribution in [2.45, 2.75) is 24.8 Å². The molecule has 1 aliphatic rings. The molecular weight excluding hydrogens is 368 g/mol. The number of ether oxygens (including phenoxy) is 1. The molecule has 0 atom stereocenters. The van der Waals surface area contributed by atoms with E-state index in [1.165, 1.54) is 10.7 Å². The maximum absolute atomic E-state index is 12.6. The van der Waals surface area contributed by atoms with Gasteiger partial charge in [-0.05, 0) is 28.8 Å². The van der Waals surface area contributed by atoms with Crippen molar-refractivity contribution in [3.05, 3.63) is 28.6 Å². The topological polar surface area (TPSA) is 106 Å². The number of aliphatic carboxylic acids is 1. The lowest BCUT2D eigenvalue weighted by atomic mass is 9.86. The Balaban J connectivity index is 1.87. The number of carboxylic acids is 1. The highest BCUT2D eigenvalue weighted by molar-refractivity contribution is 9.10.